The average molecular weight is 352 g/mol. The molecule has 1 fully saturated rings. The number of carbonyl (C=O) groups is 2. The summed E-state index contributed by atoms with van der Waals surface area (Å²) in [6, 6.07) is -0.0846. The zero-order chi connectivity index (χ0) is 17.7. The Morgan fingerprint density at radius 1 is 1.42 bits per heavy atom. The van der Waals surface area contributed by atoms with Gasteiger partial charge < -0.3 is 14.7 Å². The van der Waals surface area contributed by atoms with Crippen LogP contribution >= 0.6 is 11.3 Å². The summed E-state index contributed by atoms with van der Waals surface area (Å²) in [6.45, 7) is 7.09. The Morgan fingerprint density at radius 2 is 2.08 bits per heavy atom. The molecule has 1 aliphatic rings. The van der Waals surface area contributed by atoms with Crippen molar-refractivity contribution in [2.75, 3.05) is 19.8 Å². The van der Waals surface area contributed by atoms with Crippen molar-refractivity contribution in [1.29, 1.82) is 0 Å². The van der Waals surface area contributed by atoms with Gasteiger partial charge in [-0.05, 0) is 18.9 Å². The van der Waals surface area contributed by atoms with Gasteiger partial charge in [-0.2, -0.15) is 0 Å². The van der Waals surface area contributed by atoms with E-state index in [-0.39, 0.29) is 23.9 Å². The Labute approximate surface area is 146 Å². The third-order valence-corrected chi connectivity index (χ3v) is 5.16. The van der Waals surface area contributed by atoms with E-state index >= 15 is 0 Å². The van der Waals surface area contributed by atoms with Gasteiger partial charge >= 0.3 is 5.97 Å². The minimum absolute atomic E-state index is 0.0296. The molecule has 6 nitrogen and oxygen atoms in total. The van der Waals surface area contributed by atoms with Crippen LogP contribution in [0, 0.1) is 0 Å². The van der Waals surface area contributed by atoms with Gasteiger partial charge in [-0.3, -0.25) is 9.59 Å². The molecular formula is C17H24N2O4S. The number of hydrogen-bond donors (Lipinski definition) is 1. The number of thiazole rings is 1. The van der Waals surface area contributed by atoms with E-state index in [1.807, 2.05) is 0 Å². The molecule has 0 radical (unpaired) electrons. The van der Waals surface area contributed by atoms with Crippen molar-refractivity contribution in [2.45, 2.75) is 45.1 Å². The zero-order valence-corrected chi connectivity index (χ0v) is 15.1. The molecule has 0 atom stereocenters. The number of aliphatic carboxylic acids is 1. The van der Waals surface area contributed by atoms with E-state index in [0.29, 0.717) is 26.1 Å². The lowest BCUT2D eigenvalue weighted by molar-refractivity contribution is -0.145. The highest BCUT2D eigenvalue weighted by molar-refractivity contribution is 7.12. The topological polar surface area (TPSA) is 79.7 Å². The molecule has 0 aromatic carbocycles. The first kappa shape index (κ1) is 18.6. The van der Waals surface area contributed by atoms with Crippen molar-refractivity contribution in [3.63, 3.8) is 0 Å². The normalized spacial score (nSPS) is 16.5. The largest absolute Gasteiger partial charge is 0.480 e. The molecule has 0 bridgehead atoms. The van der Waals surface area contributed by atoms with E-state index in [2.05, 4.69) is 25.8 Å². The quantitative estimate of drug-likeness (QED) is 0.824. The standard InChI is InChI=1S/C17H24N2O4S/c1-17(2,3)16-18-10-13(24-16)4-5-14(20)19(11-15(21)22)12-6-8-23-9-7-12/h4-5,10,12H,6-9,11H2,1-3H3,(H,21,22). The maximum absolute atomic E-state index is 12.5. The molecule has 1 saturated heterocycles. The number of amides is 1. The summed E-state index contributed by atoms with van der Waals surface area (Å²) in [7, 11) is 0. The van der Waals surface area contributed by atoms with Gasteiger partial charge in [-0.25, -0.2) is 4.98 Å². The minimum Gasteiger partial charge on any atom is -0.480 e. The number of hydrogen-bond acceptors (Lipinski definition) is 5. The lowest BCUT2D eigenvalue weighted by atomic mass is 9.98. The lowest BCUT2D eigenvalue weighted by Crippen LogP contribution is -2.45. The van der Waals surface area contributed by atoms with Crippen molar-refractivity contribution < 1.29 is 19.4 Å². The van der Waals surface area contributed by atoms with Crippen LogP contribution < -0.4 is 0 Å². The smallest absolute Gasteiger partial charge is 0.323 e. The molecule has 1 amide bonds. The summed E-state index contributed by atoms with van der Waals surface area (Å²) < 4.78 is 5.29. The second-order valence-corrected chi connectivity index (χ2v) is 7.92. The molecule has 1 aromatic heterocycles. The average Bonchev–Trinajstić information content (AvgIpc) is 3.00. The molecule has 7 heteroatoms. The van der Waals surface area contributed by atoms with Gasteiger partial charge in [-0.15, -0.1) is 11.3 Å². The van der Waals surface area contributed by atoms with E-state index in [4.69, 9.17) is 9.84 Å². The van der Waals surface area contributed by atoms with Crippen LogP contribution in [0.1, 0.15) is 43.5 Å². The van der Waals surface area contributed by atoms with E-state index in [0.717, 1.165) is 9.88 Å². The van der Waals surface area contributed by atoms with Gasteiger partial charge in [0.15, 0.2) is 0 Å². The second kappa shape index (κ2) is 7.90. The fourth-order valence-electron chi connectivity index (χ4n) is 2.49. The number of carboxylic acids is 1. The molecule has 2 rings (SSSR count). The molecule has 0 spiro atoms. The Hall–Kier alpha value is -1.73. The molecule has 132 valence electrons. The van der Waals surface area contributed by atoms with Gasteiger partial charge in [0.2, 0.25) is 5.91 Å². The summed E-state index contributed by atoms with van der Waals surface area (Å²) in [4.78, 5) is 30.3. The number of carbonyl (C=O) groups excluding carboxylic acids is 1. The van der Waals surface area contributed by atoms with Crippen LogP contribution in [0.5, 0.6) is 0 Å². The SMILES string of the molecule is CC(C)(C)c1ncc(C=CC(=O)N(CC(=O)O)C2CCOCC2)s1. The van der Waals surface area contributed by atoms with Crippen LogP contribution in [0.25, 0.3) is 6.08 Å². The van der Waals surface area contributed by atoms with Crippen molar-refractivity contribution in [3.8, 4) is 0 Å². The van der Waals surface area contributed by atoms with Crippen molar-refractivity contribution >= 4 is 29.3 Å². The molecule has 24 heavy (non-hydrogen) atoms. The van der Waals surface area contributed by atoms with Crippen molar-refractivity contribution in [2.24, 2.45) is 0 Å². The summed E-state index contributed by atoms with van der Waals surface area (Å²) in [5.41, 5.74) is -0.0296. The summed E-state index contributed by atoms with van der Waals surface area (Å²) in [6.07, 6.45) is 6.23. The number of rotatable bonds is 5. The maximum atomic E-state index is 12.5. The van der Waals surface area contributed by atoms with Crippen LogP contribution in [0.15, 0.2) is 12.3 Å². The first-order chi connectivity index (χ1) is 11.3. The Balaban J connectivity index is 2.08. The van der Waals surface area contributed by atoms with Crippen LogP contribution in [0.4, 0.5) is 0 Å². The number of aromatic nitrogens is 1. The highest BCUT2D eigenvalue weighted by atomic mass is 32.1. The van der Waals surface area contributed by atoms with E-state index in [9.17, 15) is 9.59 Å². The summed E-state index contributed by atoms with van der Waals surface area (Å²) >= 11 is 1.54. The van der Waals surface area contributed by atoms with Gasteiger partial charge in [0, 0.05) is 41.8 Å². The van der Waals surface area contributed by atoms with E-state index in [1.165, 1.54) is 22.3 Å². The van der Waals surface area contributed by atoms with Gasteiger partial charge in [0.1, 0.15) is 6.54 Å². The maximum Gasteiger partial charge on any atom is 0.323 e. The molecule has 1 N–H and O–H groups in total. The minimum atomic E-state index is -1.00. The molecule has 0 unspecified atom stereocenters. The van der Waals surface area contributed by atoms with Gasteiger partial charge in [-0.1, -0.05) is 20.8 Å². The third kappa shape index (κ3) is 5.14. The van der Waals surface area contributed by atoms with Crippen molar-refractivity contribution in [1.82, 2.24) is 9.88 Å². The summed E-state index contributed by atoms with van der Waals surface area (Å²) in [5.74, 6) is -1.29. The second-order valence-electron chi connectivity index (χ2n) is 6.85. The number of carboxylic acid groups (broad SMARTS) is 1. The van der Waals surface area contributed by atoms with Crippen LogP contribution in [0.3, 0.4) is 0 Å². The zero-order valence-electron chi connectivity index (χ0n) is 14.3. The van der Waals surface area contributed by atoms with Crippen LogP contribution in [-0.4, -0.2) is 52.7 Å². The molecule has 1 aliphatic heterocycles. The first-order valence-electron chi connectivity index (χ1n) is 8.02. The highest BCUT2D eigenvalue weighted by Gasteiger charge is 2.26. The molecule has 0 aliphatic carbocycles. The first-order valence-corrected chi connectivity index (χ1v) is 8.83. The van der Waals surface area contributed by atoms with Gasteiger partial charge in [0.25, 0.3) is 0 Å². The Kier molecular flexibility index (Phi) is 6.12. The molecular weight excluding hydrogens is 328 g/mol. The van der Waals surface area contributed by atoms with E-state index < -0.39 is 5.97 Å². The number of ether oxygens (including phenoxy) is 1. The Morgan fingerprint density at radius 3 is 2.62 bits per heavy atom. The summed E-state index contributed by atoms with van der Waals surface area (Å²) in [5, 5.41) is 10.1. The third-order valence-electron chi connectivity index (χ3n) is 3.78. The van der Waals surface area contributed by atoms with Crippen molar-refractivity contribution in [3.05, 3.63) is 22.2 Å². The highest BCUT2D eigenvalue weighted by Crippen LogP contribution is 2.27. The Bertz CT molecular complexity index is 612. The van der Waals surface area contributed by atoms with Crippen LogP contribution in [-0.2, 0) is 19.7 Å². The fourth-order valence-corrected chi connectivity index (χ4v) is 3.37. The predicted molar refractivity (Wildman–Crippen MR) is 93.0 cm³/mol. The number of nitrogens with zero attached hydrogens (tertiary/aromatic N) is 2. The monoisotopic (exact) mass is 352 g/mol. The molecule has 0 saturated carbocycles. The molecule has 1 aromatic rings. The molecule has 2 heterocycles. The van der Waals surface area contributed by atoms with Gasteiger partial charge in [0.05, 0.1) is 5.01 Å². The van der Waals surface area contributed by atoms with E-state index in [1.54, 1.807) is 12.3 Å². The van der Waals surface area contributed by atoms with Crippen LogP contribution in [0.2, 0.25) is 0 Å². The fraction of sp³-hybridized carbons (Fsp3) is 0.588. The lowest BCUT2D eigenvalue weighted by Gasteiger charge is -2.32. The predicted octanol–water partition coefficient (Wildman–Crippen LogP) is 2.55.